The van der Waals surface area contributed by atoms with Crippen LogP contribution < -0.4 is 34.7 Å². The van der Waals surface area contributed by atoms with Gasteiger partial charge in [0.1, 0.15) is 12.2 Å². The Morgan fingerprint density at radius 3 is 2.39 bits per heavy atom. The number of halogens is 1. The predicted molar refractivity (Wildman–Crippen MR) is 111 cm³/mol. The van der Waals surface area contributed by atoms with Gasteiger partial charge in [-0.2, -0.15) is 0 Å². The van der Waals surface area contributed by atoms with Gasteiger partial charge >= 0.3 is 29.6 Å². The van der Waals surface area contributed by atoms with E-state index in [1.807, 2.05) is 0 Å². The average Bonchev–Trinajstić information content (AvgIpc) is 2.90. The Morgan fingerprint density at radius 1 is 1.27 bits per heavy atom. The van der Waals surface area contributed by atoms with Crippen LogP contribution in [0.3, 0.4) is 0 Å². The van der Waals surface area contributed by atoms with Gasteiger partial charge in [0.05, 0.1) is 6.10 Å². The molecule has 0 radical (unpaired) electrons. The summed E-state index contributed by atoms with van der Waals surface area (Å²) in [5.74, 6) is -3.20. The Kier molecular flexibility index (Phi) is 7.97. The Balaban J connectivity index is 0.000000714. The van der Waals surface area contributed by atoms with Crippen LogP contribution >= 0.6 is 0 Å². The summed E-state index contributed by atoms with van der Waals surface area (Å²) in [6.45, 7) is 5.45. The zero-order valence-electron chi connectivity index (χ0n) is 19.9. The molecule has 3 fully saturated rings. The monoisotopic (exact) mass is 474 g/mol. The van der Waals surface area contributed by atoms with Gasteiger partial charge in [-0.25, -0.2) is 4.39 Å². The molecule has 9 heteroatoms. The molecule has 0 aromatic carbocycles. The van der Waals surface area contributed by atoms with Crippen molar-refractivity contribution in [3.63, 3.8) is 0 Å². The van der Waals surface area contributed by atoms with Crippen LogP contribution in [0, 0.1) is 28.6 Å². The fourth-order valence-corrected chi connectivity index (χ4v) is 7.26. The first-order valence-electron chi connectivity index (χ1n) is 11.1. The molecule has 4 aliphatic rings. The molecule has 0 saturated heterocycles. The average molecular weight is 475 g/mol. The van der Waals surface area contributed by atoms with Crippen molar-refractivity contribution in [1.82, 2.24) is 0 Å². The van der Waals surface area contributed by atoms with Gasteiger partial charge in [-0.15, -0.1) is 0 Å². The van der Waals surface area contributed by atoms with Crippen LogP contribution in [-0.2, 0) is 14.4 Å². The van der Waals surface area contributed by atoms with E-state index in [2.05, 4.69) is 0 Å². The van der Waals surface area contributed by atoms with Crippen molar-refractivity contribution >= 4 is 17.5 Å². The summed E-state index contributed by atoms with van der Waals surface area (Å²) < 4.78 is 16.9. The van der Waals surface area contributed by atoms with Crippen molar-refractivity contribution in [1.29, 1.82) is 0 Å². The second-order valence-corrected chi connectivity index (χ2v) is 10.2. The second kappa shape index (κ2) is 9.28. The number of aliphatic hydroxyl groups is 3. The number of carboxylic acid groups (broad SMARTS) is 1. The van der Waals surface area contributed by atoms with Gasteiger partial charge in [0, 0.05) is 22.7 Å². The summed E-state index contributed by atoms with van der Waals surface area (Å²) in [6, 6.07) is 0. The van der Waals surface area contributed by atoms with Crippen molar-refractivity contribution in [2.24, 2.45) is 28.6 Å². The van der Waals surface area contributed by atoms with Gasteiger partial charge in [-0.05, 0) is 63.5 Å². The van der Waals surface area contributed by atoms with Crippen LogP contribution in [0.15, 0.2) is 23.8 Å². The fourth-order valence-electron chi connectivity index (χ4n) is 7.26. The number of hydrogen-bond acceptors (Lipinski definition) is 7. The molecule has 0 bridgehead atoms. The van der Waals surface area contributed by atoms with Gasteiger partial charge in [0.15, 0.2) is 17.2 Å². The first kappa shape index (κ1) is 28.3. The largest absolute Gasteiger partial charge is 1.00 e. The standard InChI is InChI=1S/C22H29FO5.C2H4O2.Na/c1-12-8-16-15-5-4-13-9-14(25)6-7-19(13,2)21(15,23)17(26)10-20(16,3)22(12,28)18(27)11-24;1-2(3)4;/h6-7,9,12,15-17,24,26,28H,4-5,8,10-11H2,1-3H3;1H3,(H,3,4);/q;;+1/p-1/t12-,15-,16-,17-,19-,20-,21-,22-;;/m0../s1. The zero-order chi connectivity index (χ0) is 24.3. The molecule has 7 nitrogen and oxygen atoms in total. The molecule has 0 aromatic rings. The smallest absolute Gasteiger partial charge is 0.550 e. The molecule has 4 aliphatic carbocycles. The molecule has 3 N–H and O–H groups in total. The SMILES string of the molecule is CC(=O)[O-].C[C@H]1C[C@H]2[C@@H]3CCC4=CC(=O)C=C[C@]4(C)[C@@]3(F)[C@@H](O)C[C@]2(C)[C@@]1(O)C(=O)CO.[Na+]. The van der Waals surface area contributed by atoms with Gasteiger partial charge in [0.25, 0.3) is 0 Å². The van der Waals surface area contributed by atoms with E-state index >= 15 is 4.39 Å². The van der Waals surface area contributed by atoms with Crippen molar-refractivity contribution in [3.8, 4) is 0 Å². The number of Topliss-reactive ketones (excluding diaryl/α,β-unsaturated/α-hetero) is 1. The number of aliphatic hydroxyl groups excluding tert-OH is 2. The zero-order valence-corrected chi connectivity index (χ0v) is 21.9. The van der Waals surface area contributed by atoms with E-state index in [-0.39, 0.29) is 47.7 Å². The van der Waals surface area contributed by atoms with Crippen molar-refractivity contribution in [3.05, 3.63) is 23.8 Å². The summed E-state index contributed by atoms with van der Waals surface area (Å²) in [7, 11) is 0. The Labute approximate surface area is 215 Å². The van der Waals surface area contributed by atoms with Crippen molar-refractivity contribution in [2.75, 3.05) is 6.61 Å². The fraction of sp³-hybridized carbons (Fsp3) is 0.708. The molecule has 4 rings (SSSR count). The van der Waals surface area contributed by atoms with E-state index in [0.29, 0.717) is 24.8 Å². The minimum atomic E-state index is -1.98. The Hall–Kier alpha value is -0.900. The van der Waals surface area contributed by atoms with Crippen LogP contribution in [0.2, 0.25) is 0 Å². The first-order valence-corrected chi connectivity index (χ1v) is 11.1. The molecule has 8 atom stereocenters. The summed E-state index contributed by atoms with van der Waals surface area (Å²) >= 11 is 0. The first-order chi connectivity index (χ1) is 14.7. The van der Waals surface area contributed by atoms with E-state index < -0.39 is 58.4 Å². The third-order valence-electron chi connectivity index (χ3n) is 8.79. The Bertz CT molecular complexity index is 899. The topological polar surface area (TPSA) is 135 Å². The molecule has 3 saturated carbocycles. The molecule has 0 heterocycles. The van der Waals surface area contributed by atoms with Gasteiger partial charge in [-0.3, -0.25) is 9.59 Å². The number of carboxylic acids is 1. The minimum absolute atomic E-state index is 0. The number of carbonyl (C=O) groups is 3. The molecular weight excluding hydrogens is 442 g/mol. The molecule has 0 amide bonds. The molecular formula is C24H32FNaO7. The molecule has 0 unspecified atom stereocenters. The molecule has 0 aromatic heterocycles. The molecule has 0 aliphatic heterocycles. The molecule has 178 valence electrons. The minimum Gasteiger partial charge on any atom is -0.550 e. The predicted octanol–water partition coefficient (Wildman–Crippen LogP) is -2.34. The van der Waals surface area contributed by atoms with Gasteiger partial charge < -0.3 is 25.2 Å². The maximum atomic E-state index is 16.9. The third-order valence-corrected chi connectivity index (χ3v) is 8.79. The summed E-state index contributed by atoms with van der Waals surface area (Å²) in [6.07, 6.45) is 4.44. The number of aliphatic carboxylic acids is 1. The third kappa shape index (κ3) is 3.81. The van der Waals surface area contributed by atoms with Crippen LogP contribution in [-0.4, -0.2) is 56.8 Å². The van der Waals surface area contributed by atoms with Gasteiger partial charge in [0.2, 0.25) is 0 Å². The van der Waals surface area contributed by atoms with Crippen LogP contribution in [0.25, 0.3) is 0 Å². The van der Waals surface area contributed by atoms with Crippen molar-refractivity contribution in [2.45, 2.75) is 70.8 Å². The normalized spacial score (nSPS) is 45.3. The maximum Gasteiger partial charge on any atom is 1.00 e. The summed E-state index contributed by atoms with van der Waals surface area (Å²) in [5.41, 5.74) is -5.17. The maximum absolute atomic E-state index is 16.9. The van der Waals surface area contributed by atoms with E-state index in [0.717, 1.165) is 6.92 Å². The number of fused-ring (bicyclic) bond motifs is 5. The van der Waals surface area contributed by atoms with Gasteiger partial charge in [-0.1, -0.05) is 25.5 Å². The summed E-state index contributed by atoms with van der Waals surface area (Å²) in [5, 5.41) is 40.9. The van der Waals surface area contributed by atoms with E-state index in [9.17, 15) is 24.9 Å². The number of carbonyl (C=O) groups excluding carboxylic acids is 3. The van der Waals surface area contributed by atoms with E-state index in [1.54, 1.807) is 26.8 Å². The molecule has 0 spiro atoms. The number of ketones is 2. The second-order valence-electron chi connectivity index (χ2n) is 10.2. The van der Waals surface area contributed by atoms with Crippen molar-refractivity contribution < 1.29 is 68.8 Å². The molecule has 33 heavy (non-hydrogen) atoms. The van der Waals surface area contributed by atoms with Crippen LogP contribution in [0.4, 0.5) is 4.39 Å². The van der Waals surface area contributed by atoms with E-state index in [4.69, 9.17) is 9.90 Å². The number of alkyl halides is 1. The van der Waals surface area contributed by atoms with Crippen LogP contribution in [0.1, 0.15) is 53.4 Å². The number of allylic oxidation sites excluding steroid dienone is 4. The quantitative estimate of drug-likeness (QED) is 0.382. The summed E-state index contributed by atoms with van der Waals surface area (Å²) in [4.78, 5) is 33.3. The number of hydrogen-bond donors (Lipinski definition) is 3. The number of rotatable bonds is 2. The van der Waals surface area contributed by atoms with E-state index in [1.165, 1.54) is 12.2 Å². The Morgan fingerprint density at radius 2 is 1.85 bits per heavy atom. The van der Waals surface area contributed by atoms with Crippen LogP contribution in [0.5, 0.6) is 0 Å².